The number of nitrogens with zero attached hydrogens (tertiary/aromatic N) is 1. The van der Waals surface area contributed by atoms with Gasteiger partial charge in [0, 0.05) is 17.6 Å². The van der Waals surface area contributed by atoms with Gasteiger partial charge >= 0.3 is 0 Å². The first-order chi connectivity index (χ1) is 7.54. The first-order valence-corrected chi connectivity index (χ1v) is 7.13. The Bertz CT molecular complexity index is 471. The van der Waals surface area contributed by atoms with Crippen LogP contribution in [0.2, 0.25) is 0 Å². The van der Waals surface area contributed by atoms with E-state index < -0.39 is 10.0 Å². The number of benzene rings is 1. The topological polar surface area (TPSA) is 37.4 Å². The third-order valence-electron chi connectivity index (χ3n) is 2.14. The SMILES string of the molecule is C=CCN(CC)S(=O)(=O)c1ccccc1Br. The molecular weight excluding hydrogens is 290 g/mol. The third-order valence-corrected chi connectivity index (χ3v) is 5.09. The molecule has 1 aromatic rings. The molecule has 0 aromatic heterocycles. The van der Waals surface area contributed by atoms with Crippen LogP contribution in [-0.4, -0.2) is 25.8 Å². The maximum Gasteiger partial charge on any atom is 0.244 e. The molecule has 0 aliphatic rings. The van der Waals surface area contributed by atoms with E-state index in [2.05, 4.69) is 22.5 Å². The fraction of sp³-hybridized carbons (Fsp3) is 0.273. The maximum absolute atomic E-state index is 12.2. The Labute approximate surface area is 105 Å². The largest absolute Gasteiger partial charge is 0.244 e. The Kier molecular flexibility index (Phi) is 4.70. The minimum absolute atomic E-state index is 0.290. The van der Waals surface area contributed by atoms with Crippen LogP contribution in [0.5, 0.6) is 0 Å². The third kappa shape index (κ3) is 2.72. The zero-order chi connectivity index (χ0) is 12.2. The van der Waals surface area contributed by atoms with Gasteiger partial charge in [0.1, 0.15) is 0 Å². The van der Waals surface area contributed by atoms with Gasteiger partial charge in [-0.1, -0.05) is 25.1 Å². The molecule has 88 valence electrons. The first-order valence-electron chi connectivity index (χ1n) is 4.89. The Hall–Kier alpha value is -0.650. The van der Waals surface area contributed by atoms with Gasteiger partial charge in [0.2, 0.25) is 10.0 Å². The van der Waals surface area contributed by atoms with Gasteiger partial charge in [0.05, 0.1) is 4.90 Å². The van der Waals surface area contributed by atoms with Crippen molar-refractivity contribution in [1.29, 1.82) is 0 Å². The van der Waals surface area contributed by atoms with E-state index in [9.17, 15) is 8.42 Å². The molecule has 0 spiro atoms. The molecule has 0 heterocycles. The van der Waals surface area contributed by atoms with Gasteiger partial charge in [-0.25, -0.2) is 8.42 Å². The Morgan fingerprint density at radius 3 is 2.56 bits per heavy atom. The van der Waals surface area contributed by atoms with Crippen molar-refractivity contribution < 1.29 is 8.42 Å². The molecule has 16 heavy (non-hydrogen) atoms. The van der Waals surface area contributed by atoms with Crippen LogP contribution in [0.25, 0.3) is 0 Å². The zero-order valence-corrected chi connectivity index (χ0v) is 11.5. The molecule has 0 aliphatic carbocycles. The molecule has 0 saturated carbocycles. The maximum atomic E-state index is 12.2. The van der Waals surface area contributed by atoms with Crippen LogP contribution in [0, 0.1) is 0 Å². The number of likely N-dealkylation sites (N-methyl/N-ethyl adjacent to an activating group) is 1. The van der Waals surface area contributed by atoms with Gasteiger partial charge in [-0.15, -0.1) is 6.58 Å². The van der Waals surface area contributed by atoms with Gasteiger partial charge in [0.15, 0.2) is 0 Å². The van der Waals surface area contributed by atoms with Crippen LogP contribution in [0.1, 0.15) is 6.92 Å². The molecule has 0 unspecified atom stereocenters. The molecule has 0 fully saturated rings. The highest BCUT2D eigenvalue weighted by atomic mass is 79.9. The number of hydrogen-bond donors (Lipinski definition) is 0. The molecule has 0 bridgehead atoms. The van der Waals surface area contributed by atoms with Crippen molar-refractivity contribution >= 4 is 26.0 Å². The standard InChI is InChI=1S/C11H14BrNO2S/c1-3-9-13(4-2)16(14,15)11-8-6-5-7-10(11)12/h3,5-8H,1,4,9H2,2H3. The fourth-order valence-corrected chi connectivity index (χ4v) is 3.72. The predicted molar refractivity (Wildman–Crippen MR) is 68.8 cm³/mol. The number of halogens is 1. The van der Waals surface area contributed by atoms with Crippen molar-refractivity contribution in [2.75, 3.05) is 13.1 Å². The Balaban J connectivity index is 3.20. The summed E-state index contributed by atoms with van der Waals surface area (Å²) in [5.74, 6) is 0. The summed E-state index contributed by atoms with van der Waals surface area (Å²) in [6.45, 7) is 6.11. The molecular formula is C11H14BrNO2S. The van der Waals surface area contributed by atoms with Gasteiger partial charge in [-0.3, -0.25) is 0 Å². The van der Waals surface area contributed by atoms with Gasteiger partial charge in [-0.2, -0.15) is 4.31 Å². The molecule has 0 amide bonds. The molecule has 3 nitrogen and oxygen atoms in total. The molecule has 1 rings (SSSR count). The van der Waals surface area contributed by atoms with E-state index in [0.717, 1.165) is 0 Å². The van der Waals surface area contributed by atoms with E-state index in [1.807, 2.05) is 0 Å². The van der Waals surface area contributed by atoms with Crippen LogP contribution in [0.3, 0.4) is 0 Å². The number of sulfonamides is 1. The second-order valence-corrected chi connectivity index (χ2v) is 5.94. The molecule has 1 aromatic carbocycles. The number of hydrogen-bond acceptors (Lipinski definition) is 2. The Morgan fingerprint density at radius 2 is 2.06 bits per heavy atom. The van der Waals surface area contributed by atoms with E-state index in [-0.39, 0.29) is 0 Å². The molecule has 5 heteroatoms. The summed E-state index contributed by atoms with van der Waals surface area (Å²) in [7, 11) is -3.43. The van der Waals surface area contributed by atoms with Gasteiger partial charge in [0.25, 0.3) is 0 Å². The average Bonchev–Trinajstić information content (AvgIpc) is 2.26. The summed E-state index contributed by atoms with van der Waals surface area (Å²) in [6, 6.07) is 6.80. The Morgan fingerprint density at radius 1 is 1.44 bits per heavy atom. The minimum atomic E-state index is -3.43. The van der Waals surface area contributed by atoms with Crippen molar-refractivity contribution in [3.05, 3.63) is 41.4 Å². The molecule has 0 aliphatic heterocycles. The van der Waals surface area contributed by atoms with Crippen LogP contribution in [0.4, 0.5) is 0 Å². The van der Waals surface area contributed by atoms with E-state index in [4.69, 9.17) is 0 Å². The monoisotopic (exact) mass is 303 g/mol. The van der Waals surface area contributed by atoms with Crippen LogP contribution in [0.15, 0.2) is 46.3 Å². The summed E-state index contributed by atoms with van der Waals surface area (Å²) in [6.07, 6.45) is 1.58. The van der Waals surface area contributed by atoms with Crippen molar-refractivity contribution in [1.82, 2.24) is 4.31 Å². The summed E-state index contributed by atoms with van der Waals surface area (Å²) in [5, 5.41) is 0. The van der Waals surface area contributed by atoms with Crippen molar-refractivity contribution in [3.63, 3.8) is 0 Å². The normalized spacial score (nSPS) is 11.7. The van der Waals surface area contributed by atoms with Gasteiger partial charge < -0.3 is 0 Å². The lowest BCUT2D eigenvalue weighted by Gasteiger charge is -2.19. The highest BCUT2D eigenvalue weighted by Gasteiger charge is 2.23. The predicted octanol–water partition coefficient (Wildman–Crippen LogP) is 2.65. The van der Waals surface area contributed by atoms with E-state index in [1.54, 1.807) is 37.3 Å². The quantitative estimate of drug-likeness (QED) is 0.784. The highest BCUT2D eigenvalue weighted by Crippen LogP contribution is 2.24. The van der Waals surface area contributed by atoms with E-state index in [1.165, 1.54) is 4.31 Å². The fourth-order valence-electron chi connectivity index (χ4n) is 1.33. The smallest absolute Gasteiger partial charge is 0.207 e. The molecule has 0 atom stereocenters. The number of rotatable bonds is 5. The lowest BCUT2D eigenvalue weighted by atomic mass is 10.4. The van der Waals surface area contributed by atoms with Crippen LogP contribution < -0.4 is 0 Å². The van der Waals surface area contributed by atoms with Crippen molar-refractivity contribution in [2.24, 2.45) is 0 Å². The zero-order valence-electron chi connectivity index (χ0n) is 9.06. The van der Waals surface area contributed by atoms with Crippen molar-refractivity contribution in [2.45, 2.75) is 11.8 Å². The molecule has 0 saturated heterocycles. The van der Waals surface area contributed by atoms with Gasteiger partial charge in [-0.05, 0) is 28.1 Å². The summed E-state index contributed by atoms with van der Waals surface area (Å²) >= 11 is 3.25. The summed E-state index contributed by atoms with van der Waals surface area (Å²) in [4.78, 5) is 0.290. The van der Waals surface area contributed by atoms with E-state index >= 15 is 0 Å². The minimum Gasteiger partial charge on any atom is -0.207 e. The lowest BCUT2D eigenvalue weighted by Crippen LogP contribution is -2.31. The first kappa shape index (κ1) is 13.4. The highest BCUT2D eigenvalue weighted by molar-refractivity contribution is 9.10. The average molecular weight is 304 g/mol. The van der Waals surface area contributed by atoms with Crippen LogP contribution >= 0.6 is 15.9 Å². The second kappa shape index (κ2) is 5.61. The molecule has 0 radical (unpaired) electrons. The van der Waals surface area contributed by atoms with Crippen molar-refractivity contribution in [3.8, 4) is 0 Å². The van der Waals surface area contributed by atoms with E-state index in [0.29, 0.717) is 22.5 Å². The second-order valence-electron chi connectivity index (χ2n) is 3.17. The summed E-state index contributed by atoms with van der Waals surface area (Å²) < 4.78 is 26.4. The van der Waals surface area contributed by atoms with Crippen LogP contribution in [-0.2, 0) is 10.0 Å². The summed E-state index contributed by atoms with van der Waals surface area (Å²) in [5.41, 5.74) is 0. The lowest BCUT2D eigenvalue weighted by molar-refractivity contribution is 0.459. The molecule has 0 N–H and O–H groups in total.